The van der Waals surface area contributed by atoms with Crippen molar-refractivity contribution in [1.29, 1.82) is 0 Å². The number of piperazine rings is 1. The van der Waals surface area contributed by atoms with Crippen LogP contribution >= 0.6 is 0 Å². The standard InChI is InChI=1S/C26H32N4O3/c1-4-30-19(3)18-22(31)24(26(30)32)25(20-9-11-21(12-10-20)33-5-2)29-16-14-28(15-17-29)23-8-6-7-13-27-23/h6-13,18,25,31H,4-5,14-17H2,1-3H3/t25-/m0/s1. The third kappa shape index (κ3) is 4.73. The van der Waals surface area contributed by atoms with Crippen LogP contribution in [-0.2, 0) is 6.54 Å². The number of aromatic nitrogens is 2. The molecule has 3 aromatic rings. The Morgan fingerprint density at radius 3 is 2.39 bits per heavy atom. The lowest BCUT2D eigenvalue weighted by Gasteiger charge is -2.40. The summed E-state index contributed by atoms with van der Waals surface area (Å²) in [5.41, 5.74) is 2.01. The topological polar surface area (TPSA) is 70.8 Å². The molecule has 33 heavy (non-hydrogen) atoms. The van der Waals surface area contributed by atoms with E-state index in [0.717, 1.165) is 49.0 Å². The minimum absolute atomic E-state index is 0.0493. The van der Waals surface area contributed by atoms with Crippen LogP contribution in [0.3, 0.4) is 0 Å². The monoisotopic (exact) mass is 448 g/mol. The number of nitrogens with zero attached hydrogens (tertiary/aromatic N) is 4. The molecule has 174 valence electrons. The highest BCUT2D eigenvalue weighted by Gasteiger charge is 2.31. The van der Waals surface area contributed by atoms with Crippen LogP contribution in [0.4, 0.5) is 5.82 Å². The van der Waals surface area contributed by atoms with Gasteiger partial charge in [0, 0.05) is 44.6 Å². The van der Waals surface area contributed by atoms with Crippen molar-refractivity contribution in [2.24, 2.45) is 0 Å². The van der Waals surface area contributed by atoms with Gasteiger partial charge in [-0.2, -0.15) is 0 Å². The molecule has 0 aliphatic carbocycles. The summed E-state index contributed by atoms with van der Waals surface area (Å²) in [6.07, 6.45) is 1.81. The fourth-order valence-corrected chi connectivity index (χ4v) is 4.64. The highest BCUT2D eigenvalue weighted by atomic mass is 16.5. The second kappa shape index (κ2) is 10.1. The minimum atomic E-state index is -0.350. The van der Waals surface area contributed by atoms with E-state index in [0.29, 0.717) is 18.7 Å². The number of ether oxygens (including phenoxy) is 1. The Hall–Kier alpha value is -3.32. The van der Waals surface area contributed by atoms with Crippen LogP contribution in [0.25, 0.3) is 0 Å². The largest absolute Gasteiger partial charge is 0.507 e. The van der Waals surface area contributed by atoms with Gasteiger partial charge >= 0.3 is 0 Å². The van der Waals surface area contributed by atoms with Gasteiger partial charge in [-0.25, -0.2) is 4.98 Å². The SMILES string of the molecule is CCOc1ccc([C@@H](c2c(O)cc(C)n(CC)c2=O)N2CCN(c3ccccn3)CC2)cc1. The number of hydrogen-bond donors (Lipinski definition) is 1. The summed E-state index contributed by atoms with van der Waals surface area (Å²) >= 11 is 0. The van der Waals surface area contributed by atoms with Crippen LogP contribution in [0.1, 0.15) is 36.7 Å². The number of anilines is 1. The fraction of sp³-hybridized carbons (Fsp3) is 0.385. The third-order valence-corrected chi connectivity index (χ3v) is 6.27. The summed E-state index contributed by atoms with van der Waals surface area (Å²) in [7, 11) is 0. The van der Waals surface area contributed by atoms with Gasteiger partial charge in [-0.1, -0.05) is 18.2 Å². The maximum Gasteiger partial charge on any atom is 0.259 e. The summed E-state index contributed by atoms with van der Waals surface area (Å²) < 4.78 is 7.34. The minimum Gasteiger partial charge on any atom is -0.507 e. The number of hydrogen-bond acceptors (Lipinski definition) is 6. The Morgan fingerprint density at radius 2 is 1.79 bits per heavy atom. The predicted molar refractivity (Wildman–Crippen MR) is 130 cm³/mol. The van der Waals surface area contributed by atoms with E-state index in [4.69, 9.17) is 4.74 Å². The smallest absolute Gasteiger partial charge is 0.259 e. The normalized spacial score (nSPS) is 15.4. The average Bonchev–Trinajstić information content (AvgIpc) is 2.83. The van der Waals surface area contributed by atoms with Crippen molar-refractivity contribution < 1.29 is 9.84 Å². The lowest BCUT2D eigenvalue weighted by molar-refractivity contribution is 0.207. The number of rotatable bonds is 7. The van der Waals surface area contributed by atoms with E-state index in [1.54, 1.807) is 10.6 Å². The molecule has 0 saturated carbocycles. The molecule has 1 aliphatic heterocycles. The van der Waals surface area contributed by atoms with E-state index in [1.165, 1.54) is 0 Å². The molecule has 3 heterocycles. The van der Waals surface area contributed by atoms with Crippen molar-refractivity contribution in [2.75, 3.05) is 37.7 Å². The van der Waals surface area contributed by atoms with Gasteiger partial charge in [0.1, 0.15) is 17.3 Å². The maximum atomic E-state index is 13.5. The zero-order chi connectivity index (χ0) is 23.4. The van der Waals surface area contributed by atoms with Crippen LogP contribution in [0.5, 0.6) is 11.5 Å². The van der Waals surface area contributed by atoms with Gasteiger partial charge in [-0.15, -0.1) is 0 Å². The van der Waals surface area contributed by atoms with Gasteiger partial charge in [0.05, 0.1) is 18.2 Å². The van der Waals surface area contributed by atoms with E-state index in [2.05, 4.69) is 14.8 Å². The Kier molecular flexibility index (Phi) is 6.99. The molecule has 7 heteroatoms. The zero-order valence-corrected chi connectivity index (χ0v) is 19.6. The second-order valence-electron chi connectivity index (χ2n) is 8.25. The number of aromatic hydroxyl groups is 1. The Bertz CT molecular complexity index is 1120. The summed E-state index contributed by atoms with van der Waals surface area (Å²) in [5, 5.41) is 10.9. The molecule has 0 radical (unpaired) electrons. The summed E-state index contributed by atoms with van der Waals surface area (Å²) in [4.78, 5) is 22.5. The van der Waals surface area contributed by atoms with Gasteiger partial charge in [0.2, 0.25) is 0 Å². The van der Waals surface area contributed by atoms with Crippen molar-refractivity contribution in [1.82, 2.24) is 14.5 Å². The molecule has 1 fully saturated rings. The predicted octanol–water partition coefficient (Wildman–Crippen LogP) is 3.59. The molecule has 1 N–H and O–H groups in total. The van der Waals surface area contributed by atoms with Crippen molar-refractivity contribution in [2.45, 2.75) is 33.4 Å². The van der Waals surface area contributed by atoms with E-state index in [1.807, 2.05) is 69.4 Å². The number of pyridine rings is 2. The van der Waals surface area contributed by atoms with Crippen molar-refractivity contribution in [3.63, 3.8) is 0 Å². The van der Waals surface area contributed by atoms with E-state index < -0.39 is 0 Å². The van der Waals surface area contributed by atoms with Gasteiger partial charge < -0.3 is 19.3 Å². The van der Waals surface area contributed by atoms with Crippen LogP contribution < -0.4 is 15.2 Å². The molecule has 7 nitrogen and oxygen atoms in total. The Morgan fingerprint density at radius 1 is 1.06 bits per heavy atom. The molecular weight excluding hydrogens is 416 g/mol. The molecule has 1 aliphatic rings. The van der Waals surface area contributed by atoms with E-state index >= 15 is 0 Å². The molecular formula is C26H32N4O3. The van der Waals surface area contributed by atoms with Crippen LogP contribution in [0.15, 0.2) is 59.5 Å². The first-order valence-electron chi connectivity index (χ1n) is 11.6. The molecule has 1 atom stereocenters. The molecule has 0 bridgehead atoms. The van der Waals surface area contributed by atoms with Gasteiger partial charge in [0.15, 0.2) is 0 Å². The van der Waals surface area contributed by atoms with Gasteiger partial charge in [0.25, 0.3) is 5.56 Å². The maximum absolute atomic E-state index is 13.5. The molecule has 1 aromatic carbocycles. The van der Waals surface area contributed by atoms with E-state index in [9.17, 15) is 9.90 Å². The first-order chi connectivity index (χ1) is 16.0. The Labute approximate surface area is 194 Å². The quantitative estimate of drug-likeness (QED) is 0.596. The van der Waals surface area contributed by atoms with Crippen LogP contribution in [0.2, 0.25) is 0 Å². The summed E-state index contributed by atoms with van der Waals surface area (Å²) in [5.74, 6) is 1.80. The summed E-state index contributed by atoms with van der Waals surface area (Å²) in [6, 6.07) is 15.1. The summed E-state index contributed by atoms with van der Waals surface area (Å²) in [6.45, 7) is 9.98. The lowest BCUT2D eigenvalue weighted by Crippen LogP contribution is -2.49. The molecule has 0 spiro atoms. The van der Waals surface area contributed by atoms with Gasteiger partial charge in [-0.05, 0) is 56.7 Å². The Balaban J connectivity index is 1.71. The van der Waals surface area contributed by atoms with Crippen molar-refractivity contribution >= 4 is 5.82 Å². The second-order valence-corrected chi connectivity index (χ2v) is 8.25. The highest BCUT2D eigenvalue weighted by Crippen LogP contribution is 2.34. The third-order valence-electron chi connectivity index (χ3n) is 6.27. The lowest BCUT2D eigenvalue weighted by atomic mass is 9.96. The first kappa shape index (κ1) is 22.9. The van der Waals surface area contributed by atoms with Crippen molar-refractivity contribution in [3.05, 3.63) is 81.9 Å². The molecule has 1 saturated heterocycles. The average molecular weight is 449 g/mol. The first-order valence-corrected chi connectivity index (χ1v) is 11.6. The molecule has 0 amide bonds. The van der Waals surface area contributed by atoms with Gasteiger partial charge in [-0.3, -0.25) is 9.69 Å². The molecule has 0 unspecified atom stereocenters. The van der Waals surface area contributed by atoms with Crippen LogP contribution in [-0.4, -0.2) is 52.3 Å². The van der Waals surface area contributed by atoms with Crippen LogP contribution in [0, 0.1) is 6.92 Å². The zero-order valence-electron chi connectivity index (χ0n) is 19.6. The van der Waals surface area contributed by atoms with E-state index in [-0.39, 0.29) is 17.4 Å². The van der Waals surface area contributed by atoms with Crippen molar-refractivity contribution in [3.8, 4) is 11.5 Å². The number of benzene rings is 1. The molecule has 4 rings (SSSR count). The fourth-order valence-electron chi connectivity index (χ4n) is 4.64. The highest BCUT2D eigenvalue weighted by molar-refractivity contribution is 5.43. The molecule has 2 aromatic heterocycles. The number of aryl methyl sites for hydroxylation is 1.